The lowest BCUT2D eigenvalue weighted by Crippen LogP contribution is -2.40. The maximum absolute atomic E-state index is 8.95. The molecule has 0 aromatic heterocycles. The van der Waals surface area contributed by atoms with E-state index >= 15 is 0 Å². The average molecular weight is 459 g/mol. The molecule has 172 valence electrons. The van der Waals surface area contributed by atoms with Gasteiger partial charge in [-0.2, -0.15) is 9.59 Å². The summed E-state index contributed by atoms with van der Waals surface area (Å²) in [5.41, 5.74) is 10.5. The molecule has 0 aliphatic carbocycles. The van der Waals surface area contributed by atoms with Crippen LogP contribution in [0.2, 0.25) is 11.3 Å². The average Bonchev–Trinajstić information content (AvgIpc) is 2.77. The first kappa shape index (κ1) is 26.3. The van der Waals surface area contributed by atoms with Crippen LogP contribution in [0.1, 0.15) is 48.8 Å². The zero-order valence-corrected chi connectivity index (χ0v) is 19.1. The van der Waals surface area contributed by atoms with Gasteiger partial charge in [0, 0.05) is 30.2 Å². The van der Waals surface area contributed by atoms with Crippen molar-refractivity contribution in [2.24, 2.45) is 5.73 Å². The molecule has 8 heteroatoms. The van der Waals surface area contributed by atoms with Crippen molar-refractivity contribution in [1.82, 2.24) is 4.90 Å². The molecule has 0 saturated heterocycles. The van der Waals surface area contributed by atoms with Gasteiger partial charge < -0.3 is 15.8 Å². The number of halogens is 1. The van der Waals surface area contributed by atoms with Gasteiger partial charge in [0.25, 0.3) is 0 Å². The van der Waals surface area contributed by atoms with Gasteiger partial charge in [-0.3, -0.25) is 4.90 Å². The van der Waals surface area contributed by atoms with Crippen molar-refractivity contribution in [2.75, 3.05) is 0 Å². The Hall–Kier alpha value is -1.99. The normalized spacial score (nSPS) is 16.3. The van der Waals surface area contributed by atoms with Crippen LogP contribution in [0.3, 0.4) is 0 Å². The number of rotatable bonds is 10. The highest BCUT2D eigenvalue weighted by Crippen LogP contribution is 2.28. The van der Waals surface area contributed by atoms with E-state index in [9.17, 15) is 0 Å². The molecule has 0 saturated carbocycles. The first-order valence-corrected chi connectivity index (χ1v) is 11.5. The monoisotopic (exact) mass is 458 g/mol. The maximum Gasteiger partial charge on any atom is 0.451 e. The fourth-order valence-electron chi connectivity index (χ4n) is 4.22. The summed E-state index contributed by atoms with van der Waals surface area (Å²) in [7, 11) is -1.20. The molecule has 32 heavy (non-hydrogen) atoms. The minimum absolute atomic E-state index is 0.167. The van der Waals surface area contributed by atoms with Crippen LogP contribution in [-0.2, 0) is 29.1 Å². The van der Waals surface area contributed by atoms with Crippen molar-refractivity contribution in [1.29, 1.82) is 0 Å². The minimum atomic E-state index is -1.20. The second-order valence-corrected chi connectivity index (χ2v) is 8.78. The largest absolute Gasteiger partial charge is 0.451 e. The van der Waals surface area contributed by atoms with Crippen molar-refractivity contribution in [3.63, 3.8) is 0 Å². The standard InChI is InChI=1S/C23H32BClN2O2.CO2/c25-21-10-8-18(9-11-21)16-27-17-20-6-2-1-5-19(20)15-23(27)13-12-22(26)7-3-4-14-24(28)29;2-1-3/h1-2,5-6,8-11,22-23,28-29H,3-4,7,12-17,26H2;. The third-order valence-electron chi connectivity index (χ3n) is 5.92. The molecular weight excluding hydrogens is 427 g/mol. The van der Waals surface area contributed by atoms with Crippen LogP contribution < -0.4 is 5.73 Å². The molecule has 0 radical (unpaired) electrons. The number of hydrogen-bond acceptors (Lipinski definition) is 6. The zero-order chi connectivity index (χ0) is 23.3. The van der Waals surface area contributed by atoms with E-state index in [0.29, 0.717) is 12.4 Å². The van der Waals surface area contributed by atoms with Crippen molar-refractivity contribution in [2.45, 2.75) is 70.0 Å². The zero-order valence-electron chi connectivity index (χ0n) is 18.3. The van der Waals surface area contributed by atoms with Crippen LogP contribution in [0, 0.1) is 0 Å². The predicted octanol–water partition coefficient (Wildman–Crippen LogP) is 3.43. The van der Waals surface area contributed by atoms with Gasteiger partial charge in [0.1, 0.15) is 0 Å². The summed E-state index contributed by atoms with van der Waals surface area (Å²) in [4.78, 5) is 18.8. The number of hydrogen-bond donors (Lipinski definition) is 3. The fraction of sp³-hybridized carbons (Fsp3) is 0.458. The van der Waals surface area contributed by atoms with Gasteiger partial charge in [-0.25, -0.2) is 0 Å². The lowest BCUT2D eigenvalue weighted by Gasteiger charge is -2.37. The Morgan fingerprint density at radius 2 is 1.72 bits per heavy atom. The van der Waals surface area contributed by atoms with Gasteiger partial charge in [-0.15, -0.1) is 0 Å². The van der Waals surface area contributed by atoms with Gasteiger partial charge in [0.05, 0.1) is 0 Å². The third kappa shape index (κ3) is 9.25. The summed E-state index contributed by atoms with van der Waals surface area (Å²) in [6, 6.07) is 17.5. The van der Waals surface area contributed by atoms with E-state index in [2.05, 4.69) is 41.3 Å². The second kappa shape index (κ2) is 14.2. The quantitative estimate of drug-likeness (QED) is 0.372. The van der Waals surface area contributed by atoms with Crippen molar-refractivity contribution < 1.29 is 19.6 Å². The van der Waals surface area contributed by atoms with E-state index in [-0.39, 0.29) is 12.2 Å². The van der Waals surface area contributed by atoms with Gasteiger partial charge in [0.15, 0.2) is 0 Å². The maximum atomic E-state index is 8.95. The number of nitrogens with zero attached hydrogens (tertiary/aromatic N) is 1. The number of benzene rings is 2. The highest BCUT2D eigenvalue weighted by Gasteiger charge is 2.26. The topological polar surface area (TPSA) is 104 Å². The van der Waals surface area contributed by atoms with Crippen LogP contribution in [0.25, 0.3) is 0 Å². The second-order valence-electron chi connectivity index (χ2n) is 8.34. The Balaban J connectivity index is 0.00000114. The lowest BCUT2D eigenvalue weighted by atomic mass is 9.83. The van der Waals surface area contributed by atoms with Crippen LogP contribution in [0.15, 0.2) is 48.5 Å². The molecule has 0 amide bonds. The number of carbonyl (C=O) groups excluding carboxylic acids is 2. The van der Waals surface area contributed by atoms with E-state index in [0.717, 1.165) is 56.6 Å². The van der Waals surface area contributed by atoms with Crippen LogP contribution in [0.4, 0.5) is 0 Å². The van der Waals surface area contributed by atoms with Crippen LogP contribution in [0.5, 0.6) is 0 Å². The first-order chi connectivity index (χ1) is 15.4. The molecule has 4 N–H and O–H groups in total. The Morgan fingerprint density at radius 3 is 2.38 bits per heavy atom. The predicted molar refractivity (Wildman–Crippen MR) is 126 cm³/mol. The van der Waals surface area contributed by atoms with E-state index < -0.39 is 7.12 Å². The molecule has 1 aliphatic rings. The summed E-state index contributed by atoms with van der Waals surface area (Å²) in [6.45, 7) is 1.88. The van der Waals surface area contributed by atoms with Gasteiger partial charge in [-0.1, -0.05) is 60.8 Å². The molecule has 1 aliphatic heterocycles. The fourth-order valence-corrected chi connectivity index (χ4v) is 4.35. The highest BCUT2D eigenvalue weighted by molar-refractivity contribution is 6.40. The lowest BCUT2D eigenvalue weighted by molar-refractivity contribution is -0.191. The Morgan fingerprint density at radius 1 is 1.06 bits per heavy atom. The molecule has 2 aromatic rings. The first-order valence-electron chi connectivity index (χ1n) is 11.1. The van der Waals surface area contributed by atoms with Crippen LogP contribution >= 0.6 is 11.6 Å². The molecule has 3 rings (SSSR count). The van der Waals surface area contributed by atoms with Gasteiger partial charge in [-0.05, 0) is 60.8 Å². The molecule has 0 spiro atoms. The van der Waals surface area contributed by atoms with E-state index in [1.54, 1.807) is 0 Å². The SMILES string of the molecule is NC(CCCCB(O)O)CCC1Cc2ccccc2CN1Cc1ccc(Cl)cc1.O=C=O. The van der Waals surface area contributed by atoms with Crippen molar-refractivity contribution in [3.8, 4) is 0 Å². The minimum Gasteiger partial charge on any atom is -0.427 e. The number of nitrogens with two attached hydrogens (primary N) is 1. The molecule has 6 nitrogen and oxygen atoms in total. The van der Waals surface area contributed by atoms with Crippen molar-refractivity contribution >= 4 is 24.9 Å². The summed E-state index contributed by atoms with van der Waals surface area (Å²) in [5.74, 6) is 0. The summed E-state index contributed by atoms with van der Waals surface area (Å²) in [5, 5.41) is 18.7. The smallest absolute Gasteiger partial charge is 0.427 e. The Kier molecular flexibility index (Phi) is 11.7. The summed E-state index contributed by atoms with van der Waals surface area (Å²) in [6.07, 6.45) is 6.50. The van der Waals surface area contributed by atoms with E-state index in [4.69, 9.17) is 37.0 Å². The number of unbranched alkanes of at least 4 members (excludes halogenated alkanes) is 1. The molecule has 1 heterocycles. The van der Waals surface area contributed by atoms with Gasteiger partial charge >= 0.3 is 13.3 Å². The molecule has 2 aromatic carbocycles. The third-order valence-corrected chi connectivity index (χ3v) is 6.17. The Labute approximate surface area is 195 Å². The molecule has 0 bridgehead atoms. The molecule has 0 fully saturated rings. The Bertz CT molecular complexity index is 844. The molecule has 2 unspecified atom stereocenters. The van der Waals surface area contributed by atoms with E-state index in [1.807, 2.05) is 12.1 Å². The number of fused-ring (bicyclic) bond motifs is 1. The summed E-state index contributed by atoms with van der Waals surface area (Å²) >= 11 is 6.05. The van der Waals surface area contributed by atoms with Crippen LogP contribution in [-0.4, -0.2) is 40.3 Å². The van der Waals surface area contributed by atoms with Crippen molar-refractivity contribution in [3.05, 3.63) is 70.2 Å². The van der Waals surface area contributed by atoms with E-state index in [1.165, 1.54) is 16.7 Å². The molecule has 2 atom stereocenters. The van der Waals surface area contributed by atoms with Gasteiger partial charge in [0.2, 0.25) is 0 Å². The molecular formula is C24H32BClN2O4. The summed E-state index contributed by atoms with van der Waals surface area (Å²) < 4.78 is 0. The highest BCUT2D eigenvalue weighted by atomic mass is 35.5.